The summed E-state index contributed by atoms with van der Waals surface area (Å²) in [6.07, 6.45) is 3.46. The molecule has 35 nitrogen and oxygen atoms in total. The Kier molecular flexibility index (Phi) is 30.3. The number of H-pyrrole nitrogens is 2. The second kappa shape index (κ2) is 38.1. The highest BCUT2D eigenvalue weighted by molar-refractivity contribution is 7.80. The summed E-state index contributed by atoms with van der Waals surface area (Å²) in [6, 6.07) is -0.243. The molecule has 22 N–H and O–H groups in total. The fourth-order valence-corrected chi connectivity index (χ4v) is 10.3. The number of thiol groups is 1. The van der Waals surface area contributed by atoms with E-state index in [-0.39, 0.29) is 87.8 Å². The first-order valence-electron chi connectivity index (χ1n) is 30.7. The van der Waals surface area contributed by atoms with Gasteiger partial charge in [0.2, 0.25) is 65.0 Å². The normalized spacial score (nSPS) is 15.1. The molecule has 0 aliphatic carbocycles. The number of nitrogens with one attached hydrogen (secondary N) is 12. The highest BCUT2D eigenvalue weighted by Gasteiger charge is 2.39. The number of aliphatic hydroxyl groups excluding tert-OH is 1. The number of aromatic hydroxyl groups is 1. The van der Waals surface area contributed by atoms with E-state index in [2.05, 4.69) is 85.7 Å². The third-order valence-corrected chi connectivity index (χ3v) is 15.4. The Morgan fingerprint density at radius 1 is 0.677 bits per heavy atom. The van der Waals surface area contributed by atoms with E-state index >= 15 is 0 Å². The Morgan fingerprint density at radius 3 is 1.90 bits per heavy atom. The van der Waals surface area contributed by atoms with Crippen molar-refractivity contribution in [2.24, 2.45) is 28.1 Å². The molecule has 1 aliphatic rings. The SMILES string of the molecule is CC(C)C[C@H](NC(=O)CNC(=O)[C@H](Cc1ccc(O)cc1)NC(=O)[C@H](CO)NC(=O)[C@H](Cc1c[nH]c2ccccc12)NC(=O)[C@H](Cc1cnc[nH]1)NC(=O)[C@@H](N)CCC(=O)O)C(=O)N[C@@H](CCCN=C(N)N)C(=O)N1CCC[C@H]1C(=O)NCC(=O)NCC(=O)N[C@@H](CS)C(=O)O. The van der Waals surface area contributed by atoms with Crippen molar-refractivity contribution in [1.29, 1.82) is 0 Å². The van der Waals surface area contributed by atoms with Crippen LogP contribution in [-0.4, -0.2) is 223 Å². The number of benzene rings is 2. The van der Waals surface area contributed by atoms with Gasteiger partial charge in [-0.25, -0.2) is 9.78 Å². The zero-order valence-corrected chi connectivity index (χ0v) is 53.7. The standard InChI is InChI=1S/C60H84N18O17S/c1-31(2)19-40(53(88)73-39(9-5-17-65-60(62)63)58(93)78-18-6-10-46(78)57(92)69-25-47(81)67-26-48(82)72-45(29-96)59(94)95)71-49(83)27-68-52(87)41(20-32-11-13-35(80)14-12-32)75-56(91)44(28-79)77-54(89)42(21-33-23-66-38-8-4-3-7-36(33)38)76-55(90)43(22-34-24-64-30-70-34)74-51(86)37(61)15-16-50(84)85/h3-4,7-8,11-14,23-24,30-31,37,39-46,66,79-80,96H,5-6,9-10,15-22,25-29,61H2,1-2H3,(H,64,70)(H,67,81)(H,68,87)(H,69,92)(H,71,83)(H,72,82)(H,73,88)(H,74,86)(H,75,91)(H,76,90)(H,77,89)(H,84,85)(H,94,95)(H4,62,63,65)/t37-,39-,40-,41-,42-,43-,44-,45-,46-/m0/s1. The van der Waals surface area contributed by atoms with Gasteiger partial charge < -0.3 is 106 Å². The van der Waals surface area contributed by atoms with Crippen molar-refractivity contribution in [3.63, 3.8) is 0 Å². The summed E-state index contributed by atoms with van der Waals surface area (Å²) in [7, 11) is 0. The monoisotopic (exact) mass is 1360 g/mol. The van der Waals surface area contributed by atoms with Crippen molar-refractivity contribution in [1.82, 2.24) is 73.0 Å². The van der Waals surface area contributed by atoms with Gasteiger partial charge in [0.15, 0.2) is 5.96 Å². The van der Waals surface area contributed by atoms with Crippen LogP contribution in [0, 0.1) is 5.92 Å². The molecule has 2 aromatic carbocycles. The van der Waals surface area contributed by atoms with Crippen LogP contribution in [0.25, 0.3) is 10.9 Å². The zero-order chi connectivity index (χ0) is 70.6. The average molecular weight is 1360 g/mol. The third-order valence-electron chi connectivity index (χ3n) is 15.0. The van der Waals surface area contributed by atoms with Gasteiger partial charge >= 0.3 is 11.9 Å². The number of guanidine groups is 1. The van der Waals surface area contributed by atoms with Crippen molar-refractivity contribution < 1.29 is 82.8 Å². The summed E-state index contributed by atoms with van der Waals surface area (Å²) >= 11 is 3.87. The van der Waals surface area contributed by atoms with Gasteiger partial charge in [-0.2, -0.15) is 12.6 Å². The molecule has 96 heavy (non-hydrogen) atoms. The number of para-hydroxylation sites is 1. The molecule has 5 rings (SSSR count). The molecule has 1 saturated heterocycles. The Hall–Kier alpha value is -10.4. The number of aromatic amines is 2. The molecule has 0 unspecified atom stereocenters. The number of aromatic nitrogens is 3. The van der Waals surface area contributed by atoms with Crippen molar-refractivity contribution in [3.8, 4) is 5.75 Å². The van der Waals surface area contributed by atoms with E-state index in [0.717, 1.165) is 0 Å². The van der Waals surface area contributed by atoms with E-state index in [1.165, 1.54) is 41.7 Å². The minimum atomic E-state index is -1.82. The number of aliphatic hydroxyl groups is 1. The topological polar surface area (TPSA) is 561 Å². The van der Waals surface area contributed by atoms with Gasteiger partial charge in [0, 0.05) is 73.5 Å². The second-order valence-electron chi connectivity index (χ2n) is 23.0. The first-order chi connectivity index (χ1) is 45.7. The van der Waals surface area contributed by atoms with Crippen LogP contribution in [0.1, 0.15) is 75.6 Å². The number of nitrogens with zero attached hydrogens (tertiary/aromatic N) is 3. The van der Waals surface area contributed by atoms with E-state index in [1.807, 2.05) is 0 Å². The number of carboxylic acids is 2. The molecule has 2 aromatic heterocycles. The Balaban J connectivity index is 1.29. The summed E-state index contributed by atoms with van der Waals surface area (Å²) in [6.45, 7) is 0.504. The van der Waals surface area contributed by atoms with Gasteiger partial charge in [0.25, 0.3) is 0 Å². The number of aliphatic carboxylic acids is 2. The quantitative estimate of drug-likeness (QED) is 0.00858. The lowest BCUT2D eigenvalue weighted by Gasteiger charge is -2.30. The first kappa shape index (κ1) is 76.4. The molecule has 9 atom stereocenters. The molecule has 1 fully saturated rings. The van der Waals surface area contributed by atoms with Crippen molar-refractivity contribution in [2.45, 2.75) is 132 Å². The minimum absolute atomic E-state index is 0.00156. The van der Waals surface area contributed by atoms with E-state index in [0.29, 0.717) is 34.1 Å². The molecule has 522 valence electrons. The number of carbonyl (C=O) groups is 13. The van der Waals surface area contributed by atoms with Crippen LogP contribution in [0.15, 0.2) is 72.2 Å². The summed E-state index contributed by atoms with van der Waals surface area (Å²) in [5.41, 5.74) is 19.0. The molecule has 1 aliphatic heterocycles. The Morgan fingerprint density at radius 2 is 1.27 bits per heavy atom. The van der Waals surface area contributed by atoms with Crippen LogP contribution >= 0.6 is 12.6 Å². The van der Waals surface area contributed by atoms with Gasteiger partial charge in [-0.1, -0.05) is 44.2 Å². The van der Waals surface area contributed by atoms with E-state index < -0.39 is 164 Å². The molecule has 4 aromatic rings. The maximum atomic E-state index is 14.5. The highest BCUT2D eigenvalue weighted by atomic mass is 32.1. The third kappa shape index (κ3) is 24.8. The van der Waals surface area contributed by atoms with Crippen LogP contribution < -0.4 is 70.4 Å². The highest BCUT2D eigenvalue weighted by Crippen LogP contribution is 2.22. The predicted molar refractivity (Wildman–Crippen MR) is 346 cm³/mol. The fourth-order valence-electron chi connectivity index (χ4n) is 10.1. The van der Waals surface area contributed by atoms with Crippen LogP contribution in [0.5, 0.6) is 5.75 Å². The summed E-state index contributed by atoms with van der Waals surface area (Å²) in [5, 5.41) is 64.3. The van der Waals surface area contributed by atoms with Gasteiger partial charge in [0.05, 0.1) is 38.6 Å². The number of carboxylic acid groups (broad SMARTS) is 2. The van der Waals surface area contributed by atoms with Gasteiger partial charge in [0.1, 0.15) is 54.1 Å². The number of rotatable bonds is 39. The van der Waals surface area contributed by atoms with Crippen molar-refractivity contribution in [3.05, 3.63) is 84.1 Å². The summed E-state index contributed by atoms with van der Waals surface area (Å²) in [5.74, 6) is -13.1. The molecular formula is C60H84N18O17S. The van der Waals surface area contributed by atoms with Gasteiger partial charge in [-0.15, -0.1) is 0 Å². The maximum Gasteiger partial charge on any atom is 0.327 e. The van der Waals surface area contributed by atoms with Crippen molar-refractivity contribution >= 4 is 106 Å². The number of amides is 11. The van der Waals surface area contributed by atoms with Crippen LogP contribution in [0.3, 0.4) is 0 Å². The Labute approximate surface area is 555 Å². The molecule has 11 amide bonds. The Bertz CT molecular complexity index is 3400. The van der Waals surface area contributed by atoms with Gasteiger partial charge in [-0.3, -0.25) is 62.5 Å². The molecular weight excluding hydrogens is 1280 g/mol. The molecule has 0 radical (unpaired) electrons. The number of fused-ring (bicyclic) bond motifs is 1. The molecule has 0 bridgehead atoms. The number of aliphatic imine (C=N–C) groups is 1. The number of likely N-dealkylation sites (tertiary alicyclic amines) is 1. The molecule has 3 heterocycles. The van der Waals surface area contributed by atoms with Crippen LogP contribution in [-0.2, 0) is 81.6 Å². The minimum Gasteiger partial charge on any atom is -0.508 e. The van der Waals surface area contributed by atoms with E-state index in [9.17, 15) is 72.5 Å². The molecule has 0 saturated carbocycles. The van der Waals surface area contributed by atoms with Crippen LogP contribution in [0.2, 0.25) is 0 Å². The number of phenolic OH excluding ortho intramolecular Hbond substituents is 1. The lowest BCUT2D eigenvalue weighted by Crippen LogP contribution is -2.60. The fraction of sp³-hybridized carbons (Fsp3) is 0.483. The largest absolute Gasteiger partial charge is 0.508 e. The lowest BCUT2D eigenvalue weighted by molar-refractivity contribution is -0.142. The lowest BCUT2D eigenvalue weighted by atomic mass is 10.0. The zero-order valence-electron chi connectivity index (χ0n) is 52.8. The number of phenols is 1. The smallest absolute Gasteiger partial charge is 0.327 e. The number of hydrogen-bond donors (Lipinski definition) is 20. The van der Waals surface area contributed by atoms with E-state index in [1.54, 1.807) is 44.3 Å². The number of imidazole rings is 1. The van der Waals surface area contributed by atoms with Crippen LogP contribution in [0.4, 0.5) is 0 Å². The van der Waals surface area contributed by atoms with Gasteiger partial charge in [-0.05, 0) is 73.8 Å². The predicted octanol–water partition coefficient (Wildman–Crippen LogP) is -5.34. The van der Waals surface area contributed by atoms with E-state index in [4.69, 9.17) is 27.4 Å². The number of carbonyl (C=O) groups excluding carboxylic acids is 11. The summed E-state index contributed by atoms with van der Waals surface area (Å²) in [4.78, 5) is 189. The first-order valence-corrected chi connectivity index (χ1v) is 31.3. The van der Waals surface area contributed by atoms with Crippen molar-refractivity contribution in [2.75, 3.05) is 45.1 Å². The average Bonchev–Trinajstić information content (AvgIpc) is 1.66. The summed E-state index contributed by atoms with van der Waals surface area (Å²) < 4.78 is 0. The number of nitrogens with two attached hydrogens (primary N) is 3. The second-order valence-corrected chi connectivity index (χ2v) is 23.3. The molecule has 36 heteroatoms. The number of hydrogen-bond acceptors (Lipinski definition) is 19. The molecule has 0 spiro atoms. The maximum absolute atomic E-state index is 14.5.